The average Bonchev–Trinajstić information content (AvgIpc) is 2.74. The Kier molecular flexibility index (Phi) is 5.59. The van der Waals surface area contributed by atoms with Crippen molar-refractivity contribution >= 4 is 41.9 Å². The van der Waals surface area contributed by atoms with Crippen LogP contribution in [0, 0.1) is 6.92 Å². The summed E-state index contributed by atoms with van der Waals surface area (Å²) >= 11 is 6.68. The second kappa shape index (κ2) is 7.04. The summed E-state index contributed by atoms with van der Waals surface area (Å²) < 4.78 is 30.3. The van der Waals surface area contributed by atoms with Gasteiger partial charge < -0.3 is 0 Å². The molecule has 8 heteroatoms. The first-order valence-corrected chi connectivity index (χ1v) is 9.40. The van der Waals surface area contributed by atoms with Crippen molar-refractivity contribution in [2.75, 3.05) is 6.54 Å². The second-order valence-corrected chi connectivity index (χ2v) is 8.07. The molecule has 2 rings (SSSR count). The molecule has 5 nitrogen and oxygen atoms in total. The molecule has 0 atom stereocenters. The number of hydrogen-bond donors (Lipinski definition) is 1. The van der Waals surface area contributed by atoms with Crippen LogP contribution in [0.5, 0.6) is 0 Å². The minimum atomic E-state index is -3.44. The first-order chi connectivity index (χ1) is 9.88. The number of nitrogens with one attached hydrogen (secondary N) is 1. The maximum Gasteiger partial charge on any atom is 0.240 e. The van der Waals surface area contributed by atoms with E-state index in [0.717, 1.165) is 14.6 Å². The highest BCUT2D eigenvalue weighted by atomic mass is 79.9. The summed E-state index contributed by atoms with van der Waals surface area (Å²) in [5.74, 6) is 0. The quantitative estimate of drug-likeness (QED) is 0.707. The summed E-state index contributed by atoms with van der Waals surface area (Å²) in [5.41, 5.74) is 0.922. The van der Waals surface area contributed by atoms with Crippen LogP contribution >= 0.6 is 31.9 Å². The highest BCUT2D eigenvalue weighted by molar-refractivity contribution is 9.10. The van der Waals surface area contributed by atoms with Gasteiger partial charge in [0.2, 0.25) is 10.0 Å². The third kappa shape index (κ3) is 4.64. The zero-order valence-corrected chi connectivity index (χ0v) is 15.4. The van der Waals surface area contributed by atoms with Gasteiger partial charge in [-0.05, 0) is 53.5 Å². The first-order valence-electron chi connectivity index (χ1n) is 6.33. The zero-order chi connectivity index (χ0) is 15.5. The number of aromatic nitrogens is 2. The van der Waals surface area contributed by atoms with Gasteiger partial charge in [0.1, 0.15) is 0 Å². The minimum absolute atomic E-state index is 0.267. The lowest BCUT2D eigenvalue weighted by molar-refractivity contribution is 0.551. The number of aryl methyl sites for hydroxylation is 2. The summed E-state index contributed by atoms with van der Waals surface area (Å²) in [7, 11) is -3.44. The van der Waals surface area contributed by atoms with Gasteiger partial charge in [-0.25, -0.2) is 13.1 Å². The van der Waals surface area contributed by atoms with Crippen molar-refractivity contribution in [2.45, 2.75) is 24.8 Å². The minimum Gasteiger partial charge on any atom is -0.271 e. The van der Waals surface area contributed by atoms with E-state index in [2.05, 4.69) is 41.7 Å². The van der Waals surface area contributed by atoms with Crippen molar-refractivity contribution in [3.63, 3.8) is 0 Å². The van der Waals surface area contributed by atoms with Crippen molar-refractivity contribution in [1.29, 1.82) is 0 Å². The lowest BCUT2D eigenvalue weighted by Crippen LogP contribution is -2.25. The Morgan fingerprint density at radius 1 is 1.24 bits per heavy atom. The van der Waals surface area contributed by atoms with Crippen LogP contribution in [0.3, 0.4) is 0 Å². The predicted molar refractivity (Wildman–Crippen MR) is 88.6 cm³/mol. The SMILES string of the molecule is Cc1nn(CCCNS(=O)(=O)c2ccc(Br)cc2)cc1Br. The molecular formula is C13H15Br2N3O2S. The van der Waals surface area contributed by atoms with Crippen molar-refractivity contribution in [3.05, 3.63) is 45.1 Å². The van der Waals surface area contributed by atoms with Crippen LogP contribution in [0.1, 0.15) is 12.1 Å². The van der Waals surface area contributed by atoms with Crippen LogP contribution in [-0.2, 0) is 16.6 Å². The van der Waals surface area contributed by atoms with Gasteiger partial charge in [0, 0.05) is 23.8 Å². The van der Waals surface area contributed by atoms with E-state index in [1.54, 1.807) is 28.9 Å². The molecule has 0 aliphatic heterocycles. The molecule has 1 aromatic carbocycles. The molecular weight excluding hydrogens is 422 g/mol. The molecule has 1 heterocycles. The molecule has 0 bridgehead atoms. The van der Waals surface area contributed by atoms with E-state index in [1.807, 2.05) is 13.1 Å². The van der Waals surface area contributed by atoms with E-state index in [-0.39, 0.29) is 4.90 Å². The van der Waals surface area contributed by atoms with E-state index in [1.165, 1.54) is 0 Å². The molecule has 21 heavy (non-hydrogen) atoms. The molecule has 0 radical (unpaired) electrons. The standard InChI is InChI=1S/C13H15Br2N3O2S/c1-10-13(15)9-18(17-10)8-2-7-16-21(19,20)12-5-3-11(14)4-6-12/h3-6,9,16H,2,7-8H2,1H3. The fourth-order valence-corrected chi connectivity index (χ4v) is 3.41. The normalized spacial score (nSPS) is 11.8. The smallest absolute Gasteiger partial charge is 0.240 e. The van der Waals surface area contributed by atoms with Gasteiger partial charge in [-0.3, -0.25) is 4.68 Å². The number of sulfonamides is 1. The number of nitrogens with zero attached hydrogens (tertiary/aromatic N) is 2. The highest BCUT2D eigenvalue weighted by Crippen LogP contribution is 2.15. The van der Waals surface area contributed by atoms with Crippen molar-refractivity contribution in [1.82, 2.24) is 14.5 Å². The zero-order valence-electron chi connectivity index (χ0n) is 11.4. The second-order valence-electron chi connectivity index (χ2n) is 4.53. The predicted octanol–water partition coefficient (Wildman–Crippen LogP) is 3.09. The van der Waals surface area contributed by atoms with Crippen LogP contribution in [0.25, 0.3) is 0 Å². The van der Waals surface area contributed by atoms with E-state index < -0.39 is 10.0 Å². The van der Waals surface area contributed by atoms with Crippen molar-refractivity contribution in [3.8, 4) is 0 Å². The molecule has 0 fully saturated rings. The molecule has 1 N–H and O–H groups in total. The van der Waals surface area contributed by atoms with Gasteiger partial charge >= 0.3 is 0 Å². The summed E-state index contributed by atoms with van der Waals surface area (Å²) in [6.07, 6.45) is 2.56. The molecule has 0 saturated carbocycles. The summed E-state index contributed by atoms with van der Waals surface area (Å²) in [6.45, 7) is 2.95. The average molecular weight is 437 g/mol. The lowest BCUT2D eigenvalue weighted by Gasteiger charge is -2.07. The number of benzene rings is 1. The Balaban J connectivity index is 1.86. The van der Waals surface area contributed by atoms with E-state index in [0.29, 0.717) is 19.5 Å². The lowest BCUT2D eigenvalue weighted by atomic mass is 10.4. The van der Waals surface area contributed by atoms with E-state index in [9.17, 15) is 8.42 Å². The van der Waals surface area contributed by atoms with Crippen LogP contribution in [0.4, 0.5) is 0 Å². The van der Waals surface area contributed by atoms with Gasteiger partial charge in [0.25, 0.3) is 0 Å². The third-order valence-corrected chi connectivity index (χ3v) is 5.65. The van der Waals surface area contributed by atoms with Crippen LogP contribution in [-0.4, -0.2) is 24.7 Å². The summed E-state index contributed by atoms with van der Waals surface area (Å²) in [4.78, 5) is 0.267. The number of hydrogen-bond acceptors (Lipinski definition) is 3. The fourth-order valence-electron chi connectivity index (χ4n) is 1.75. The summed E-state index contributed by atoms with van der Waals surface area (Å²) in [6, 6.07) is 6.55. The largest absolute Gasteiger partial charge is 0.271 e. The van der Waals surface area contributed by atoms with Crippen LogP contribution in [0.2, 0.25) is 0 Å². The Morgan fingerprint density at radius 3 is 2.48 bits per heavy atom. The molecule has 0 aliphatic carbocycles. The van der Waals surface area contributed by atoms with Crippen LogP contribution < -0.4 is 4.72 Å². The van der Waals surface area contributed by atoms with Gasteiger partial charge in [-0.1, -0.05) is 15.9 Å². The van der Waals surface area contributed by atoms with Gasteiger partial charge in [0.15, 0.2) is 0 Å². The van der Waals surface area contributed by atoms with E-state index in [4.69, 9.17) is 0 Å². The van der Waals surface area contributed by atoms with Gasteiger partial charge in [0.05, 0.1) is 15.1 Å². The molecule has 0 aliphatic rings. The van der Waals surface area contributed by atoms with Crippen molar-refractivity contribution in [2.24, 2.45) is 0 Å². The van der Waals surface area contributed by atoms with Gasteiger partial charge in [-0.2, -0.15) is 5.10 Å². The number of rotatable bonds is 6. The highest BCUT2D eigenvalue weighted by Gasteiger charge is 2.12. The topological polar surface area (TPSA) is 64.0 Å². The Hall–Kier alpha value is -0.700. The molecule has 0 spiro atoms. The molecule has 2 aromatic rings. The molecule has 114 valence electrons. The Labute approximate surface area is 141 Å². The van der Waals surface area contributed by atoms with Crippen LogP contribution in [0.15, 0.2) is 44.3 Å². The molecule has 0 saturated heterocycles. The molecule has 0 unspecified atom stereocenters. The third-order valence-electron chi connectivity index (χ3n) is 2.87. The maximum absolute atomic E-state index is 12.1. The first kappa shape index (κ1) is 16.7. The molecule has 0 amide bonds. The van der Waals surface area contributed by atoms with E-state index >= 15 is 0 Å². The molecule has 1 aromatic heterocycles. The fraction of sp³-hybridized carbons (Fsp3) is 0.308. The Morgan fingerprint density at radius 2 is 1.90 bits per heavy atom. The van der Waals surface area contributed by atoms with Gasteiger partial charge in [-0.15, -0.1) is 0 Å². The maximum atomic E-state index is 12.1. The Bertz CT molecular complexity index is 692. The van der Waals surface area contributed by atoms with Crippen molar-refractivity contribution < 1.29 is 8.42 Å². The monoisotopic (exact) mass is 435 g/mol. The number of halogens is 2. The summed E-state index contributed by atoms with van der Waals surface area (Å²) in [5, 5.41) is 4.30.